The summed E-state index contributed by atoms with van der Waals surface area (Å²) < 4.78 is 37.1. The summed E-state index contributed by atoms with van der Waals surface area (Å²) >= 11 is 0. The van der Waals surface area contributed by atoms with Gasteiger partial charge in [-0.2, -0.15) is 0 Å². The first-order chi connectivity index (χ1) is 14.4. The molecule has 0 amide bonds. The molecule has 0 N–H and O–H groups in total. The summed E-state index contributed by atoms with van der Waals surface area (Å²) in [4.78, 5) is 4.35. The van der Waals surface area contributed by atoms with Crippen LogP contribution < -0.4 is 4.74 Å². The summed E-state index contributed by atoms with van der Waals surface area (Å²) in [6.45, 7) is 17.3. The van der Waals surface area contributed by atoms with Crippen LogP contribution in [0.15, 0.2) is 78.3 Å². The highest BCUT2D eigenvalue weighted by Crippen LogP contribution is 2.33. The zero-order valence-corrected chi connectivity index (χ0v) is 19.2. The maximum Gasteiger partial charge on any atom is 0.278 e. The number of allylic oxidation sites excluding steroid dienone is 5. The van der Waals surface area contributed by atoms with E-state index >= 15 is 0 Å². The smallest absolute Gasteiger partial charge is 0.278 e. The maximum atomic E-state index is 12.9. The Labute approximate surface area is 184 Å². The molecule has 0 unspecified atom stereocenters. The minimum Gasteiger partial charge on any atom is -0.493 e. The van der Waals surface area contributed by atoms with E-state index in [1.54, 1.807) is 12.1 Å². The van der Waals surface area contributed by atoms with Gasteiger partial charge in [-0.25, -0.2) is 8.78 Å². The number of rotatable bonds is 9. The molecule has 0 saturated heterocycles. The van der Waals surface area contributed by atoms with Crippen molar-refractivity contribution in [3.8, 4) is 5.75 Å². The van der Waals surface area contributed by atoms with Gasteiger partial charge in [0.2, 0.25) is 0 Å². The highest BCUT2D eigenvalue weighted by molar-refractivity contribution is 5.38. The van der Waals surface area contributed by atoms with E-state index in [0.29, 0.717) is 12.4 Å². The van der Waals surface area contributed by atoms with Gasteiger partial charge in [0.25, 0.3) is 5.92 Å². The lowest BCUT2D eigenvalue weighted by Crippen LogP contribution is -2.21. The van der Waals surface area contributed by atoms with Crippen molar-refractivity contribution in [2.75, 3.05) is 13.2 Å². The third-order valence-corrected chi connectivity index (χ3v) is 5.01. The van der Waals surface area contributed by atoms with E-state index < -0.39 is 12.5 Å². The molecule has 0 spiro atoms. The Morgan fingerprint density at radius 1 is 1.13 bits per heavy atom. The Balaban J connectivity index is 2.01. The molecule has 3 nitrogen and oxygen atoms in total. The quantitative estimate of drug-likeness (QED) is 0.390. The van der Waals surface area contributed by atoms with Gasteiger partial charge in [-0.1, -0.05) is 65.2 Å². The SMILES string of the molecule is C=C(COC1=C(C(C)(C)C)C=CC=CC1)C(=C)[C@H](C)c1ccc(OCC(C)(F)F)cn1. The Morgan fingerprint density at radius 2 is 1.84 bits per heavy atom. The summed E-state index contributed by atoms with van der Waals surface area (Å²) in [6.07, 6.45) is 10.4. The molecule has 0 saturated carbocycles. The van der Waals surface area contributed by atoms with Crippen LogP contribution in [0.4, 0.5) is 8.78 Å². The first kappa shape index (κ1) is 24.6. The molecule has 1 aliphatic carbocycles. The van der Waals surface area contributed by atoms with Gasteiger partial charge in [0.1, 0.15) is 18.1 Å². The second-order valence-corrected chi connectivity index (χ2v) is 9.00. The molecular formula is C26H33F2NO2. The summed E-state index contributed by atoms with van der Waals surface area (Å²) in [6, 6.07) is 3.40. The topological polar surface area (TPSA) is 31.4 Å². The number of hydrogen-bond donors (Lipinski definition) is 0. The summed E-state index contributed by atoms with van der Waals surface area (Å²) in [5, 5.41) is 0. The fourth-order valence-electron chi connectivity index (χ4n) is 3.11. The van der Waals surface area contributed by atoms with Gasteiger partial charge in [-0.15, -0.1) is 0 Å². The molecular weight excluding hydrogens is 396 g/mol. The van der Waals surface area contributed by atoms with Crippen LogP contribution in [-0.2, 0) is 4.74 Å². The van der Waals surface area contributed by atoms with Gasteiger partial charge in [0.05, 0.1) is 6.20 Å². The van der Waals surface area contributed by atoms with Crippen LogP contribution in [-0.4, -0.2) is 24.1 Å². The van der Waals surface area contributed by atoms with Crippen molar-refractivity contribution in [2.24, 2.45) is 5.41 Å². The largest absolute Gasteiger partial charge is 0.493 e. The monoisotopic (exact) mass is 429 g/mol. The van der Waals surface area contributed by atoms with Crippen molar-refractivity contribution in [3.63, 3.8) is 0 Å². The van der Waals surface area contributed by atoms with Crippen molar-refractivity contribution < 1.29 is 18.3 Å². The second-order valence-electron chi connectivity index (χ2n) is 9.00. The number of aromatic nitrogens is 1. The zero-order valence-electron chi connectivity index (χ0n) is 19.2. The van der Waals surface area contributed by atoms with Gasteiger partial charge in [-0.05, 0) is 34.3 Å². The fraction of sp³-hybridized carbons (Fsp3) is 0.423. The number of alkyl halides is 2. The molecule has 1 heterocycles. The first-order valence-electron chi connectivity index (χ1n) is 10.4. The molecule has 0 radical (unpaired) electrons. The molecule has 0 aliphatic heterocycles. The lowest BCUT2D eigenvalue weighted by Gasteiger charge is -2.25. The van der Waals surface area contributed by atoms with Crippen LogP contribution in [0.25, 0.3) is 0 Å². The van der Waals surface area contributed by atoms with E-state index in [-0.39, 0.29) is 11.3 Å². The molecule has 0 fully saturated rings. The molecule has 1 aromatic rings. The van der Waals surface area contributed by atoms with Crippen LogP contribution in [0.5, 0.6) is 5.75 Å². The predicted octanol–water partition coefficient (Wildman–Crippen LogP) is 7.16. The molecule has 2 rings (SSSR count). The van der Waals surface area contributed by atoms with Crippen molar-refractivity contribution in [1.82, 2.24) is 4.98 Å². The molecule has 5 heteroatoms. The minimum absolute atomic E-state index is 0.0288. The van der Waals surface area contributed by atoms with Crippen LogP contribution in [0.1, 0.15) is 52.7 Å². The van der Waals surface area contributed by atoms with Gasteiger partial charge in [-0.3, -0.25) is 4.98 Å². The van der Waals surface area contributed by atoms with Gasteiger partial charge >= 0.3 is 0 Å². The van der Waals surface area contributed by atoms with E-state index in [9.17, 15) is 8.78 Å². The third-order valence-electron chi connectivity index (χ3n) is 5.01. The van der Waals surface area contributed by atoms with Crippen LogP contribution in [0.2, 0.25) is 0 Å². The lowest BCUT2D eigenvalue weighted by molar-refractivity contribution is -0.0230. The number of ether oxygens (including phenoxy) is 2. The number of pyridine rings is 1. The van der Waals surface area contributed by atoms with Crippen molar-refractivity contribution in [3.05, 3.63) is 84.0 Å². The number of nitrogens with zero attached hydrogens (tertiary/aromatic N) is 1. The molecule has 168 valence electrons. The Hall–Kier alpha value is -2.69. The van der Waals surface area contributed by atoms with E-state index in [4.69, 9.17) is 9.47 Å². The van der Waals surface area contributed by atoms with Crippen LogP contribution >= 0.6 is 0 Å². The van der Waals surface area contributed by atoms with E-state index in [1.807, 2.05) is 19.1 Å². The first-order valence-corrected chi connectivity index (χ1v) is 10.4. The standard InChI is InChI=1S/C26H33F2NO2/c1-18(16-30-24-12-10-8-9-11-22(24)25(4,5)6)19(2)20(3)23-14-13-21(15-29-23)31-17-26(7,27)28/h8-11,13-15,20H,1-2,12,16-17H2,3-7H3/t20-/m0/s1. The number of halogens is 2. The highest BCUT2D eigenvalue weighted by atomic mass is 19.3. The zero-order chi connectivity index (χ0) is 23.2. The molecule has 1 atom stereocenters. The predicted molar refractivity (Wildman–Crippen MR) is 122 cm³/mol. The Morgan fingerprint density at radius 3 is 2.42 bits per heavy atom. The van der Waals surface area contributed by atoms with Crippen LogP contribution in [0.3, 0.4) is 0 Å². The Bertz CT molecular complexity index is 881. The molecule has 0 bridgehead atoms. The summed E-state index contributed by atoms with van der Waals surface area (Å²) in [5.74, 6) is -1.74. The number of hydrogen-bond acceptors (Lipinski definition) is 3. The summed E-state index contributed by atoms with van der Waals surface area (Å²) in [5.41, 5.74) is 3.51. The van der Waals surface area contributed by atoms with E-state index in [1.165, 1.54) is 11.8 Å². The maximum absolute atomic E-state index is 12.9. The van der Waals surface area contributed by atoms with Gasteiger partial charge < -0.3 is 9.47 Å². The van der Waals surface area contributed by atoms with Gasteiger partial charge in [0.15, 0.2) is 6.61 Å². The summed E-state index contributed by atoms with van der Waals surface area (Å²) in [7, 11) is 0. The molecule has 1 aliphatic rings. The Kier molecular flexibility index (Phi) is 7.99. The molecule has 1 aromatic heterocycles. The lowest BCUT2D eigenvalue weighted by atomic mass is 9.85. The fourth-order valence-corrected chi connectivity index (χ4v) is 3.11. The minimum atomic E-state index is -2.89. The van der Waals surface area contributed by atoms with Crippen LogP contribution in [0, 0.1) is 5.41 Å². The van der Waals surface area contributed by atoms with Crippen molar-refractivity contribution >= 4 is 0 Å². The average molecular weight is 430 g/mol. The highest BCUT2D eigenvalue weighted by Gasteiger charge is 2.23. The third kappa shape index (κ3) is 7.50. The normalized spacial score (nSPS) is 15.5. The average Bonchev–Trinajstić information content (AvgIpc) is 2.95. The molecule has 31 heavy (non-hydrogen) atoms. The molecule has 0 aromatic carbocycles. The van der Waals surface area contributed by atoms with E-state index in [2.05, 4.69) is 51.1 Å². The second kappa shape index (κ2) is 10.1. The van der Waals surface area contributed by atoms with E-state index in [0.717, 1.165) is 35.9 Å². The van der Waals surface area contributed by atoms with Crippen molar-refractivity contribution in [1.29, 1.82) is 0 Å². The van der Waals surface area contributed by atoms with Crippen molar-refractivity contribution in [2.45, 2.75) is 52.9 Å². The van der Waals surface area contributed by atoms with Gasteiger partial charge in [0, 0.05) is 25.0 Å².